The van der Waals surface area contributed by atoms with E-state index >= 15 is 0 Å². The summed E-state index contributed by atoms with van der Waals surface area (Å²) >= 11 is 3.44. The third-order valence-corrected chi connectivity index (χ3v) is 3.54. The van der Waals surface area contributed by atoms with Gasteiger partial charge in [0.05, 0.1) is 6.10 Å². The van der Waals surface area contributed by atoms with Crippen LogP contribution in [-0.2, 0) is 6.61 Å². The van der Waals surface area contributed by atoms with Crippen LogP contribution in [0.15, 0.2) is 46.9 Å². The van der Waals surface area contributed by atoms with Crippen LogP contribution in [0.3, 0.4) is 0 Å². The number of aliphatic hydroxyl groups is 1. The normalized spacial score (nSPS) is 12.2. The highest BCUT2D eigenvalue weighted by Crippen LogP contribution is 2.27. The molecule has 1 N–H and O–H groups in total. The molecule has 1 unspecified atom stereocenters. The Kier molecular flexibility index (Phi) is 4.56. The lowest BCUT2D eigenvalue weighted by Crippen LogP contribution is -2.02. The SMILES string of the molecule is CC(O)c1cc(F)ccc1OCc1ccccc1Br. The van der Waals surface area contributed by atoms with Gasteiger partial charge in [-0.1, -0.05) is 34.1 Å². The van der Waals surface area contributed by atoms with Gasteiger partial charge in [-0.3, -0.25) is 0 Å². The van der Waals surface area contributed by atoms with Crippen LogP contribution in [0.5, 0.6) is 5.75 Å². The molecule has 0 saturated heterocycles. The topological polar surface area (TPSA) is 29.5 Å². The summed E-state index contributed by atoms with van der Waals surface area (Å²) in [6.45, 7) is 1.94. The fourth-order valence-electron chi connectivity index (χ4n) is 1.75. The molecule has 2 aromatic carbocycles. The molecule has 0 heterocycles. The van der Waals surface area contributed by atoms with Crippen LogP contribution >= 0.6 is 15.9 Å². The summed E-state index contributed by atoms with van der Waals surface area (Å²) in [5, 5.41) is 9.62. The number of rotatable bonds is 4. The first kappa shape index (κ1) is 14.0. The van der Waals surface area contributed by atoms with E-state index in [2.05, 4.69) is 15.9 Å². The summed E-state index contributed by atoms with van der Waals surface area (Å²) in [7, 11) is 0. The van der Waals surface area contributed by atoms with Gasteiger partial charge in [-0.25, -0.2) is 4.39 Å². The Labute approximate surface area is 120 Å². The van der Waals surface area contributed by atoms with Gasteiger partial charge >= 0.3 is 0 Å². The molecular weight excluding hydrogens is 311 g/mol. The van der Waals surface area contributed by atoms with Crippen LogP contribution in [0.1, 0.15) is 24.2 Å². The summed E-state index contributed by atoms with van der Waals surface area (Å²) in [6, 6.07) is 11.9. The Hall–Kier alpha value is -1.39. The Bertz CT molecular complexity index is 570. The molecule has 2 nitrogen and oxygen atoms in total. The maximum absolute atomic E-state index is 13.2. The summed E-state index contributed by atoms with van der Waals surface area (Å²) < 4.78 is 19.8. The molecule has 0 aliphatic rings. The van der Waals surface area contributed by atoms with Gasteiger partial charge in [0.2, 0.25) is 0 Å². The number of aliphatic hydroxyl groups excluding tert-OH is 1. The van der Waals surface area contributed by atoms with E-state index in [9.17, 15) is 9.50 Å². The Morgan fingerprint density at radius 3 is 2.68 bits per heavy atom. The second kappa shape index (κ2) is 6.17. The average molecular weight is 325 g/mol. The molecule has 100 valence electrons. The molecule has 0 radical (unpaired) electrons. The lowest BCUT2D eigenvalue weighted by Gasteiger charge is -2.14. The van der Waals surface area contributed by atoms with Crippen molar-refractivity contribution in [2.24, 2.45) is 0 Å². The zero-order chi connectivity index (χ0) is 13.8. The van der Waals surface area contributed by atoms with E-state index in [1.54, 1.807) is 6.92 Å². The van der Waals surface area contributed by atoms with Crippen LogP contribution in [0, 0.1) is 5.82 Å². The van der Waals surface area contributed by atoms with Gasteiger partial charge in [-0.15, -0.1) is 0 Å². The molecule has 2 rings (SSSR count). The predicted octanol–water partition coefficient (Wildman–Crippen LogP) is 4.22. The van der Waals surface area contributed by atoms with E-state index in [1.165, 1.54) is 18.2 Å². The largest absolute Gasteiger partial charge is 0.488 e. The van der Waals surface area contributed by atoms with Gasteiger partial charge in [0.25, 0.3) is 0 Å². The maximum atomic E-state index is 13.2. The monoisotopic (exact) mass is 324 g/mol. The molecule has 19 heavy (non-hydrogen) atoms. The summed E-state index contributed by atoms with van der Waals surface area (Å²) in [5.41, 5.74) is 1.44. The third kappa shape index (κ3) is 3.55. The van der Waals surface area contributed by atoms with Crippen LogP contribution in [0.2, 0.25) is 0 Å². The molecule has 0 spiro atoms. The van der Waals surface area contributed by atoms with Crippen molar-refractivity contribution in [1.29, 1.82) is 0 Å². The number of halogens is 2. The molecule has 2 aromatic rings. The minimum atomic E-state index is -0.773. The van der Waals surface area contributed by atoms with Gasteiger partial charge in [-0.05, 0) is 31.2 Å². The standard InChI is InChI=1S/C15H14BrFO2/c1-10(18)13-8-12(17)6-7-15(13)19-9-11-4-2-3-5-14(11)16/h2-8,10,18H,9H2,1H3. The van der Waals surface area contributed by atoms with Gasteiger partial charge in [-0.2, -0.15) is 0 Å². The lowest BCUT2D eigenvalue weighted by molar-refractivity contribution is 0.189. The molecule has 0 saturated carbocycles. The van der Waals surface area contributed by atoms with E-state index in [-0.39, 0.29) is 5.82 Å². The minimum absolute atomic E-state index is 0.354. The van der Waals surface area contributed by atoms with Crippen molar-refractivity contribution in [2.45, 2.75) is 19.6 Å². The first-order chi connectivity index (χ1) is 9.08. The van der Waals surface area contributed by atoms with E-state index in [0.717, 1.165) is 10.0 Å². The predicted molar refractivity (Wildman–Crippen MR) is 75.5 cm³/mol. The van der Waals surface area contributed by atoms with E-state index in [4.69, 9.17) is 4.74 Å². The maximum Gasteiger partial charge on any atom is 0.125 e. The van der Waals surface area contributed by atoms with Crippen molar-refractivity contribution < 1.29 is 14.2 Å². The first-order valence-electron chi connectivity index (χ1n) is 5.91. The van der Waals surface area contributed by atoms with Crippen LogP contribution in [-0.4, -0.2) is 5.11 Å². The summed E-state index contributed by atoms with van der Waals surface area (Å²) in [4.78, 5) is 0. The molecule has 0 aliphatic heterocycles. The van der Waals surface area contributed by atoms with E-state index < -0.39 is 6.10 Å². The minimum Gasteiger partial charge on any atom is -0.488 e. The Morgan fingerprint density at radius 1 is 1.26 bits per heavy atom. The quantitative estimate of drug-likeness (QED) is 0.912. The molecular formula is C15H14BrFO2. The molecule has 0 fully saturated rings. The third-order valence-electron chi connectivity index (χ3n) is 2.76. The number of hydrogen-bond donors (Lipinski definition) is 1. The van der Waals surface area contributed by atoms with E-state index in [0.29, 0.717) is 17.9 Å². The van der Waals surface area contributed by atoms with Crippen molar-refractivity contribution in [3.05, 3.63) is 63.9 Å². The number of ether oxygens (including phenoxy) is 1. The van der Waals surface area contributed by atoms with Crippen molar-refractivity contribution >= 4 is 15.9 Å². The van der Waals surface area contributed by atoms with Gasteiger partial charge in [0, 0.05) is 15.6 Å². The summed E-state index contributed by atoms with van der Waals surface area (Å²) in [6.07, 6.45) is -0.773. The van der Waals surface area contributed by atoms with Crippen molar-refractivity contribution in [1.82, 2.24) is 0 Å². The zero-order valence-corrected chi connectivity index (χ0v) is 12.0. The molecule has 0 aliphatic carbocycles. The van der Waals surface area contributed by atoms with E-state index in [1.807, 2.05) is 24.3 Å². The molecule has 0 bridgehead atoms. The fourth-order valence-corrected chi connectivity index (χ4v) is 2.15. The van der Waals surface area contributed by atoms with Crippen molar-refractivity contribution in [2.75, 3.05) is 0 Å². The van der Waals surface area contributed by atoms with Gasteiger partial charge in [0.1, 0.15) is 18.2 Å². The average Bonchev–Trinajstić information content (AvgIpc) is 2.38. The van der Waals surface area contributed by atoms with Crippen molar-refractivity contribution in [3.8, 4) is 5.75 Å². The molecule has 1 atom stereocenters. The smallest absolute Gasteiger partial charge is 0.125 e. The van der Waals surface area contributed by atoms with Crippen molar-refractivity contribution in [3.63, 3.8) is 0 Å². The Morgan fingerprint density at radius 2 is 2.00 bits per heavy atom. The molecule has 0 amide bonds. The van der Waals surface area contributed by atoms with Gasteiger partial charge in [0.15, 0.2) is 0 Å². The Balaban J connectivity index is 2.18. The van der Waals surface area contributed by atoms with Crippen LogP contribution in [0.4, 0.5) is 4.39 Å². The lowest BCUT2D eigenvalue weighted by atomic mass is 10.1. The summed E-state index contributed by atoms with van der Waals surface area (Å²) in [5.74, 6) is 0.108. The first-order valence-corrected chi connectivity index (χ1v) is 6.71. The second-order valence-corrected chi connectivity index (χ2v) is 5.09. The number of benzene rings is 2. The van der Waals surface area contributed by atoms with Gasteiger partial charge < -0.3 is 9.84 Å². The van der Waals surface area contributed by atoms with Crippen LogP contribution in [0.25, 0.3) is 0 Å². The zero-order valence-electron chi connectivity index (χ0n) is 10.4. The molecule has 4 heteroatoms. The number of hydrogen-bond acceptors (Lipinski definition) is 2. The highest BCUT2D eigenvalue weighted by Gasteiger charge is 2.11. The molecule has 0 aromatic heterocycles. The second-order valence-electron chi connectivity index (χ2n) is 4.24. The highest BCUT2D eigenvalue weighted by molar-refractivity contribution is 9.10. The fraction of sp³-hybridized carbons (Fsp3) is 0.200. The highest BCUT2D eigenvalue weighted by atomic mass is 79.9. The van der Waals surface area contributed by atoms with Crippen LogP contribution < -0.4 is 4.74 Å².